The van der Waals surface area contributed by atoms with E-state index in [1.807, 2.05) is 13.2 Å². The predicted molar refractivity (Wildman–Crippen MR) is 78.0 cm³/mol. The summed E-state index contributed by atoms with van der Waals surface area (Å²) in [7, 11) is 1.75. The summed E-state index contributed by atoms with van der Waals surface area (Å²) in [5, 5.41) is 8.93. The number of aromatic carboxylic acids is 1. The Kier molecular flexibility index (Phi) is 5.89. The number of carbonyl (C=O) groups excluding carboxylic acids is 1. The molecule has 5 heteroatoms. The number of nitrogens with zero attached hydrogens (tertiary/aromatic N) is 1. The number of carbonyl (C=O) groups is 2. The van der Waals surface area contributed by atoms with E-state index < -0.39 is 5.97 Å². The van der Waals surface area contributed by atoms with Gasteiger partial charge < -0.3 is 10.0 Å². The number of hydrogen-bond donors (Lipinski definition) is 1. The standard InChI is InChI=1S/C14H19NO3S/c1-10(7-8-19-3)15(2)13(16)11-5-4-6-12(9-11)14(17)18/h4-6,9-10H,7-8H2,1-3H3,(H,17,18). The summed E-state index contributed by atoms with van der Waals surface area (Å²) < 4.78 is 0. The minimum absolute atomic E-state index is 0.133. The van der Waals surface area contributed by atoms with Gasteiger partial charge in [0.15, 0.2) is 0 Å². The fourth-order valence-corrected chi connectivity index (χ4v) is 2.25. The summed E-state index contributed by atoms with van der Waals surface area (Å²) in [5.41, 5.74) is 0.550. The molecule has 0 saturated heterocycles. The highest BCUT2D eigenvalue weighted by molar-refractivity contribution is 7.98. The zero-order valence-corrected chi connectivity index (χ0v) is 12.2. The van der Waals surface area contributed by atoms with Crippen molar-refractivity contribution < 1.29 is 14.7 Å². The summed E-state index contributed by atoms with van der Waals surface area (Å²) >= 11 is 1.75. The van der Waals surface area contributed by atoms with E-state index in [0.29, 0.717) is 5.56 Å². The van der Waals surface area contributed by atoms with Gasteiger partial charge in [-0.2, -0.15) is 11.8 Å². The van der Waals surface area contributed by atoms with Gasteiger partial charge in [-0.25, -0.2) is 4.79 Å². The summed E-state index contributed by atoms with van der Waals surface area (Å²) in [6.07, 6.45) is 2.95. The number of hydrogen-bond acceptors (Lipinski definition) is 3. The highest BCUT2D eigenvalue weighted by atomic mass is 32.2. The Balaban J connectivity index is 2.81. The van der Waals surface area contributed by atoms with E-state index in [9.17, 15) is 9.59 Å². The van der Waals surface area contributed by atoms with E-state index >= 15 is 0 Å². The molecule has 0 aromatic heterocycles. The van der Waals surface area contributed by atoms with Gasteiger partial charge in [-0.1, -0.05) is 6.07 Å². The van der Waals surface area contributed by atoms with E-state index in [4.69, 9.17) is 5.11 Å². The van der Waals surface area contributed by atoms with E-state index in [-0.39, 0.29) is 17.5 Å². The number of thioether (sulfide) groups is 1. The summed E-state index contributed by atoms with van der Waals surface area (Å²) in [4.78, 5) is 24.8. The molecule has 19 heavy (non-hydrogen) atoms. The topological polar surface area (TPSA) is 57.6 Å². The Morgan fingerprint density at radius 3 is 2.58 bits per heavy atom. The Labute approximate surface area is 117 Å². The minimum Gasteiger partial charge on any atom is -0.478 e. The number of benzene rings is 1. The van der Waals surface area contributed by atoms with Crippen LogP contribution in [0.25, 0.3) is 0 Å². The second-order valence-corrected chi connectivity index (χ2v) is 5.42. The average molecular weight is 281 g/mol. The molecule has 1 N–H and O–H groups in total. The third kappa shape index (κ3) is 4.28. The molecule has 0 fully saturated rings. The lowest BCUT2D eigenvalue weighted by Gasteiger charge is -2.25. The maximum Gasteiger partial charge on any atom is 0.335 e. The Bertz CT molecular complexity index is 462. The van der Waals surface area contributed by atoms with Gasteiger partial charge in [-0.05, 0) is 43.6 Å². The smallest absolute Gasteiger partial charge is 0.335 e. The molecule has 104 valence electrons. The zero-order valence-electron chi connectivity index (χ0n) is 11.4. The molecule has 1 amide bonds. The van der Waals surface area contributed by atoms with Crippen LogP contribution in [0.15, 0.2) is 24.3 Å². The van der Waals surface area contributed by atoms with Crippen molar-refractivity contribution in [3.05, 3.63) is 35.4 Å². The maximum absolute atomic E-state index is 12.3. The number of carboxylic acid groups (broad SMARTS) is 1. The van der Waals surface area contributed by atoms with E-state index in [1.54, 1.807) is 35.8 Å². The van der Waals surface area contributed by atoms with Crippen LogP contribution in [-0.2, 0) is 0 Å². The van der Waals surface area contributed by atoms with Crippen molar-refractivity contribution in [1.29, 1.82) is 0 Å². The molecule has 0 heterocycles. The van der Waals surface area contributed by atoms with Crippen molar-refractivity contribution in [1.82, 2.24) is 4.90 Å². The highest BCUT2D eigenvalue weighted by Gasteiger charge is 2.18. The summed E-state index contributed by atoms with van der Waals surface area (Å²) in [5.74, 6) is -0.169. The van der Waals surface area contributed by atoms with Gasteiger partial charge in [0, 0.05) is 18.7 Å². The molecule has 1 atom stereocenters. The summed E-state index contributed by atoms with van der Waals surface area (Å²) in [6, 6.07) is 6.27. The van der Waals surface area contributed by atoms with Gasteiger partial charge in [-0.3, -0.25) is 4.79 Å². The first kappa shape index (κ1) is 15.6. The Hall–Kier alpha value is -1.49. The van der Waals surface area contributed by atoms with Crippen molar-refractivity contribution in [3.8, 4) is 0 Å². The van der Waals surface area contributed by atoms with Gasteiger partial charge in [-0.15, -0.1) is 0 Å². The number of amides is 1. The molecule has 0 aliphatic rings. The van der Waals surface area contributed by atoms with E-state index in [0.717, 1.165) is 12.2 Å². The molecule has 1 aromatic rings. The fourth-order valence-electron chi connectivity index (χ4n) is 1.67. The van der Waals surface area contributed by atoms with Gasteiger partial charge in [0.05, 0.1) is 5.56 Å². The zero-order chi connectivity index (χ0) is 14.4. The molecule has 1 unspecified atom stereocenters. The lowest BCUT2D eigenvalue weighted by atomic mass is 10.1. The van der Waals surface area contributed by atoms with Crippen LogP contribution >= 0.6 is 11.8 Å². The summed E-state index contributed by atoms with van der Waals surface area (Å²) in [6.45, 7) is 2.00. The van der Waals surface area contributed by atoms with Gasteiger partial charge in [0.2, 0.25) is 0 Å². The second-order valence-electron chi connectivity index (χ2n) is 4.43. The molecule has 1 rings (SSSR count). The third-order valence-electron chi connectivity index (χ3n) is 3.08. The van der Waals surface area contributed by atoms with Crippen LogP contribution in [0, 0.1) is 0 Å². The van der Waals surface area contributed by atoms with Crippen LogP contribution in [-0.4, -0.2) is 47.0 Å². The van der Waals surface area contributed by atoms with Crippen LogP contribution in [0.3, 0.4) is 0 Å². The molecule has 0 aliphatic carbocycles. The molecule has 1 aromatic carbocycles. The molecule has 0 aliphatic heterocycles. The lowest BCUT2D eigenvalue weighted by molar-refractivity contribution is 0.0697. The van der Waals surface area contributed by atoms with Crippen LogP contribution in [0.1, 0.15) is 34.1 Å². The van der Waals surface area contributed by atoms with Crippen LogP contribution in [0.2, 0.25) is 0 Å². The van der Waals surface area contributed by atoms with Gasteiger partial charge in [0.25, 0.3) is 5.91 Å². The minimum atomic E-state index is -1.02. The van der Waals surface area contributed by atoms with Crippen LogP contribution in [0.5, 0.6) is 0 Å². The van der Waals surface area contributed by atoms with Crippen molar-refractivity contribution in [3.63, 3.8) is 0 Å². The molecule has 0 bridgehead atoms. The third-order valence-corrected chi connectivity index (χ3v) is 3.72. The number of rotatable bonds is 6. The van der Waals surface area contributed by atoms with Gasteiger partial charge >= 0.3 is 5.97 Å². The normalized spacial score (nSPS) is 11.9. The largest absolute Gasteiger partial charge is 0.478 e. The molecular formula is C14H19NO3S. The quantitative estimate of drug-likeness (QED) is 0.870. The van der Waals surface area contributed by atoms with Crippen molar-refractivity contribution in [2.24, 2.45) is 0 Å². The fraction of sp³-hybridized carbons (Fsp3) is 0.429. The maximum atomic E-state index is 12.3. The second kappa shape index (κ2) is 7.19. The molecule has 0 saturated carbocycles. The van der Waals surface area contributed by atoms with E-state index in [2.05, 4.69) is 0 Å². The first-order valence-corrected chi connectivity index (χ1v) is 7.46. The predicted octanol–water partition coefficient (Wildman–Crippen LogP) is 2.60. The monoisotopic (exact) mass is 281 g/mol. The Morgan fingerprint density at radius 2 is 2.00 bits per heavy atom. The molecule has 0 radical (unpaired) electrons. The molecule has 0 spiro atoms. The number of carboxylic acids is 1. The van der Waals surface area contributed by atoms with E-state index in [1.165, 1.54) is 12.1 Å². The lowest BCUT2D eigenvalue weighted by Crippen LogP contribution is -2.35. The highest BCUT2D eigenvalue weighted by Crippen LogP contribution is 2.12. The Morgan fingerprint density at radius 1 is 1.37 bits per heavy atom. The van der Waals surface area contributed by atoms with Crippen molar-refractivity contribution in [2.75, 3.05) is 19.1 Å². The first-order valence-electron chi connectivity index (χ1n) is 6.06. The first-order chi connectivity index (χ1) is 8.97. The van der Waals surface area contributed by atoms with Crippen molar-refractivity contribution in [2.45, 2.75) is 19.4 Å². The van der Waals surface area contributed by atoms with Crippen LogP contribution < -0.4 is 0 Å². The van der Waals surface area contributed by atoms with Gasteiger partial charge in [0.1, 0.15) is 0 Å². The SMILES string of the molecule is CSCCC(C)N(C)C(=O)c1cccc(C(=O)O)c1. The average Bonchev–Trinajstić information content (AvgIpc) is 2.43. The molecule has 4 nitrogen and oxygen atoms in total. The van der Waals surface area contributed by atoms with Crippen molar-refractivity contribution >= 4 is 23.6 Å². The van der Waals surface area contributed by atoms with Crippen LogP contribution in [0.4, 0.5) is 0 Å². The molecular weight excluding hydrogens is 262 g/mol.